The van der Waals surface area contributed by atoms with Gasteiger partial charge in [-0.15, -0.1) is 0 Å². The highest BCUT2D eigenvalue weighted by Gasteiger charge is 2.06. The van der Waals surface area contributed by atoms with Crippen molar-refractivity contribution in [1.82, 2.24) is 0 Å². The Morgan fingerprint density at radius 1 is 1.43 bits per heavy atom. The summed E-state index contributed by atoms with van der Waals surface area (Å²) in [6, 6.07) is 7.23. The number of alkyl halides is 1. The van der Waals surface area contributed by atoms with Crippen LogP contribution in [0.2, 0.25) is 0 Å². The number of halogens is 1. The fourth-order valence-corrected chi connectivity index (χ4v) is 1.32. The van der Waals surface area contributed by atoms with Crippen molar-refractivity contribution in [2.45, 2.75) is 12.3 Å². The second-order valence-corrected chi connectivity index (χ2v) is 3.48. The van der Waals surface area contributed by atoms with Gasteiger partial charge in [-0.3, -0.25) is 0 Å². The van der Waals surface area contributed by atoms with Crippen LogP contribution in [0.3, 0.4) is 0 Å². The molecule has 0 saturated heterocycles. The zero-order chi connectivity index (χ0) is 10.6. The molecule has 14 heavy (non-hydrogen) atoms. The van der Waals surface area contributed by atoms with E-state index in [2.05, 4.69) is 22.5 Å². The van der Waals surface area contributed by atoms with Gasteiger partial charge in [-0.05, 0) is 24.6 Å². The summed E-state index contributed by atoms with van der Waals surface area (Å²) in [4.78, 5) is 11.4. The molecule has 74 valence electrons. The molecule has 0 N–H and O–H groups in total. The lowest BCUT2D eigenvalue weighted by Crippen LogP contribution is -2.02. The van der Waals surface area contributed by atoms with Gasteiger partial charge in [0.25, 0.3) is 0 Å². The molecule has 0 heterocycles. The van der Waals surface area contributed by atoms with E-state index in [0.717, 1.165) is 10.9 Å². The lowest BCUT2D eigenvalue weighted by Gasteiger charge is -2.03. The molecule has 1 aromatic rings. The summed E-state index contributed by atoms with van der Waals surface area (Å²) in [7, 11) is 0. The van der Waals surface area contributed by atoms with Crippen LogP contribution in [0.1, 0.15) is 22.8 Å². The van der Waals surface area contributed by atoms with E-state index in [-0.39, 0.29) is 5.97 Å². The van der Waals surface area contributed by atoms with E-state index in [1.165, 1.54) is 0 Å². The Bertz CT molecular complexity index is 341. The van der Waals surface area contributed by atoms with Crippen molar-refractivity contribution in [2.24, 2.45) is 0 Å². The average molecular weight is 255 g/mol. The number of rotatable bonds is 3. The third-order valence-corrected chi connectivity index (χ3v) is 2.26. The monoisotopic (exact) mass is 254 g/mol. The molecule has 0 fully saturated rings. The Balaban J connectivity index is 2.76. The van der Waals surface area contributed by atoms with Crippen LogP contribution in [0.15, 0.2) is 36.6 Å². The van der Waals surface area contributed by atoms with Crippen molar-refractivity contribution in [3.05, 3.63) is 47.7 Å². The number of carbonyl (C=O) groups excluding carboxylic acids is 1. The van der Waals surface area contributed by atoms with Crippen LogP contribution < -0.4 is 0 Å². The predicted octanol–water partition coefficient (Wildman–Crippen LogP) is 3.27. The normalized spacial score (nSPS) is 9.57. The maximum atomic E-state index is 11.4. The summed E-state index contributed by atoms with van der Waals surface area (Å²) in [5.74, 6) is 0.0400. The lowest BCUT2D eigenvalue weighted by molar-refractivity contribution is 0.0628. The third-order valence-electron chi connectivity index (χ3n) is 1.61. The number of hydrogen-bond acceptors (Lipinski definition) is 2. The zero-order valence-electron chi connectivity index (χ0n) is 7.92. The molecule has 0 atom stereocenters. The second kappa shape index (κ2) is 4.96. The van der Waals surface area contributed by atoms with Gasteiger partial charge in [0.1, 0.15) is 0 Å². The maximum Gasteiger partial charge on any atom is 0.343 e. The van der Waals surface area contributed by atoms with Crippen LogP contribution >= 0.6 is 15.9 Å². The van der Waals surface area contributed by atoms with Gasteiger partial charge in [0.15, 0.2) is 0 Å². The van der Waals surface area contributed by atoms with Crippen LogP contribution in [0.25, 0.3) is 0 Å². The Kier molecular flexibility index (Phi) is 3.89. The number of carbonyl (C=O) groups is 1. The lowest BCUT2D eigenvalue weighted by atomic mass is 10.1. The minimum atomic E-state index is -0.362. The minimum absolute atomic E-state index is 0.362. The SMILES string of the molecule is C=C(C)OC(=O)c1ccc(CBr)cc1. The molecule has 0 spiro atoms. The topological polar surface area (TPSA) is 26.3 Å². The molecule has 1 aromatic carbocycles. The number of benzene rings is 1. The first-order valence-electron chi connectivity index (χ1n) is 4.16. The number of allylic oxidation sites excluding steroid dienone is 1. The Hall–Kier alpha value is -1.09. The van der Waals surface area contributed by atoms with Crippen molar-refractivity contribution in [3.8, 4) is 0 Å². The van der Waals surface area contributed by atoms with E-state index in [4.69, 9.17) is 4.74 Å². The van der Waals surface area contributed by atoms with Crippen LogP contribution in [0.5, 0.6) is 0 Å². The Morgan fingerprint density at radius 2 is 2.00 bits per heavy atom. The molecular weight excluding hydrogens is 244 g/mol. The van der Waals surface area contributed by atoms with Gasteiger partial charge in [-0.2, -0.15) is 0 Å². The Labute approximate surface area is 91.7 Å². The molecule has 0 aliphatic rings. The number of hydrogen-bond donors (Lipinski definition) is 0. The first-order chi connectivity index (χ1) is 6.63. The summed E-state index contributed by atoms with van der Waals surface area (Å²) < 4.78 is 4.86. The third kappa shape index (κ3) is 3.00. The van der Waals surface area contributed by atoms with Gasteiger partial charge in [-0.1, -0.05) is 34.6 Å². The Morgan fingerprint density at radius 3 is 2.43 bits per heavy atom. The highest BCUT2D eigenvalue weighted by atomic mass is 79.9. The first-order valence-corrected chi connectivity index (χ1v) is 5.28. The number of ether oxygens (including phenoxy) is 1. The molecule has 0 bridgehead atoms. The average Bonchev–Trinajstić information content (AvgIpc) is 2.17. The molecule has 0 aliphatic heterocycles. The van der Waals surface area contributed by atoms with Crippen molar-refractivity contribution >= 4 is 21.9 Å². The largest absolute Gasteiger partial charge is 0.428 e. The van der Waals surface area contributed by atoms with E-state index in [1.54, 1.807) is 19.1 Å². The summed E-state index contributed by atoms with van der Waals surface area (Å²) >= 11 is 3.33. The highest BCUT2D eigenvalue weighted by molar-refractivity contribution is 9.08. The van der Waals surface area contributed by atoms with Crippen molar-refractivity contribution in [1.29, 1.82) is 0 Å². The summed E-state index contributed by atoms with van der Waals surface area (Å²) in [5, 5.41) is 0.781. The zero-order valence-corrected chi connectivity index (χ0v) is 9.50. The van der Waals surface area contributed by atoms with Gasteiger partial charge in [0.05, 0.1) is 11.3 Å². The van der Waals surface area contributed by atoms with Crippen LogP contribution in [-0.4, -0.2) is 5.97 Å². The maximum absolute atomic E-state index is 11.4. The van der Waals surface area contributed by atoms with Gasteiger partial charge in [0, 0.05) is 5.33 Å². The summed E-state index contributed by atoms with van der Waals surface area (Å²) in [6.45, 7) is 5.15. The molecule has 0 aromatic heterocycles. The van der Waals surface area contributed by atoms with E-state index < -0.39 is 0 Å². The summed E-state index contributed by atoms with van der Waals surface area (Å²) in [6.07, 6.45) is 0. The van der Waals surface area contributed by atoms with Gasteiger partial charge in [-0.25, -0.2) is 4.79 Å². The molecule has 0 amide bonds. The second-order valence-electron chi connectivity index (χ2n) is 2.92. The molecule has 2 nitrogen and oxygen atoms in total. The molecule has 3 heteroatoms. The highest BCUT2D eigenvalue weighted by Crippen LogP contribution is 2.09. The van der Waals surface area contributed by atoms with Crippen molar-refractivity contribution < 1.29 is 9.53 Å². The van der Waals surface area contributed by atoms with Crippen molar-refractivity contribution in [3.63, 3.8) is 0 Å². The molecule has 1 rings (SSSR count). The fourth-order valence-electron chi connectivity index (χ4n) is 0.947. The van der Waals surface area contributed by atoms with Crippen LogP contribution in [0.4, 0.5) is 0 Å². The van der Waals surface area contributed by atoms with Gasteiger partial charge < -0.3 is 4.74 Å². The van der Waals surface area contributed by atoms with Crippen LogP contribution in [0, 0.1) is 0 Å². The smallest absolute Gasteiger partial charge is 0.343 e. The summed E-state index contributed by atoms with van der Waals surface area (Å²) in [5.41, 5.74) is 1.66. The molecule has 0 radical (unpaired) electrons. The van der Waals surface area contributed by atoms with E-state index >= 15 is 0 Å². The fraction of sp³-hybridized carbons (Fsp3) is 0.182. The molecule has 0 unspecified atom stereocenters. The standard InChI is InChI=1S/C11H11BrO2/c1-8(2)14-11(13)10-5-3-9(7-12)4-6-10/h3-6H,1,7H2,2H3. The molecule has 0 aliphatic carbocycles. The van der Waals surface area contributed by atoms with Crippen LogP contribution in [-0.2, 0) is 10.1 Å². The molecular formula is C11H11BrO2. The quantitative estimate of drug-likeness (QED) is 0.470. The van der Waals surface area contributed by atoms with E-state index in [9.17, 15) is 4.79 Å². The first kappa shape index (κ1) is 11.0. The van der Waals surface area contributed by atoms with Crippen molar-refractivity contribution in [2.75, 3.05) is 0 Å². The number of esters is 1. The minimum Gasteiger partial charge on any atom is -0.428 e. The predicted molar refractivity (Wildman–Crippen MR) is 59.3 cm³/mol. The van der Waals surface area contributed by atoms with E-state index in [1.807, 2.05) is 12.1 Å². The van der Waals surface area contributed by atoms with Gasteiger partial charge in [0.2, 0.25) is 0 Å². The van der Waals surface area contributed by atoms with Gasteiger partial charge >= 0.3 is 5.97 Å². The van der Waals surface area contributed by atoms with E-state index in [0.29, 0.717) is 11.3 Å². The molecule has 0 saturated carbocycles.